The van der Waals surface area contributed by atoms with Crippen molar-refractivity contribution < 1.29 is 13.7 Å². The molecule has 0 aliphatic rings. The zero-order chi connectivity index (χ0) is 20.8. The van der Waals surface area contributed by atoms with E-state index in [-0.39, 0.29) is 15.9 Å². The maximum Gasteiger partial charge on any atom is 0.195 e. The van der Waals surface area contributed by atoms with Crippen molar-refractivity contribution >= 4 is 18.2 Å². The zero-order valence-electron chi connectivity index (χ0n) is 16.9. The van der Waals surface area contributed by atoms with Gasteiger partial charge < -0.3 is 5.11 Å². The SMILES string of the molecule is CC(C)(O)c1cc(S(N)(=O)=N[Si](C)(C)C(C)(C)C)nn1-c1ccc(F)cc1. The summed E-state index contributed by atoms with van der Waals surface area (Å²) < 4.78 is 32.5. The largest absolute Gasteiger partial charge is 0.384 e. The van der Waals surface area contributed by atoms with E-state index < -0.39 is 23.8 Å². The van der Waals surface area contributed by atoms with Crippen LogP contribution in [0.5, 0.6) is 0 Å². The Morgan fingerprint density at radius 1 is 1.19 bits per heavy atom. The Morgan fingerprint density at radius 2 is 1.70 bits per heavy atom. The predicted octanol–water partition coefficient (Wildman–Crippen LogP) is 3.94. The topological polar surface area (TPSA) is 93.5 Å². The quantitative estimate of drug-likeness (QED) is 0.745. The fourth-order valence-corrected chi connectivity index (χ4v) is 6.90. The number of rotatable bonds is 4. The molecule has 3 N–H and O–H groups in total. The Bertz CT molecular complexity index is 947. The molecule has 1 aromatic carbocycles. The third kappa shape index (κ3) is 4.65. The molecule has 0 saturated carbocycles. The lowest BCUT2D eigenvalue weighted by molar-refractivity contribution is 0.0711. The lowest BCUT2D eigenvalue weighted by Gasteiger charge is -2.32. The number of nitrogens with zero attached hydrogens (tertiary/aromatic N) is 3. The second kappa shape index (κ2) is 6.80. The molecule has 1 heterocycles. The number of benzene rings is 1. The van der Waals surface area contributed by atoms with Crippen molar-refractivity contribution in [1.29, 1.82) is 0 Å². The molecule has 0 radical (unpaired) electrons. The smallest absolute Gasteiger partial charge is 0.195 e. The molecule has 1 unspecified atom stereocenters. The second-order valence-corrected chi connectivity index (χ2v) is 15.7. The van der Waals surface area contributed by atoms with Gasteiger partial charge in [0.05, 0.1) is 11.4 Å². The molecule has 2 rings (SSSR count). The van der Waals surface area contributed by atoms with Crippen LogP contribution in [0, 0.1) is 5.82 Å². The van der Waals surface area contributed by atoms with Crippen molar-refractivity contribution in [2.24, 2.45) is 9.17 Å². The molecule has 1 atom stereocenters. The number of halogens is 1. The van der Waals surface area contributed by atoms with E-state index in [0.29, 0.717) is 11.4 Å². The van der Waals surface area contributed by atoms with E-state index >= 15 is 0 Å². The van der Waals surface area contributed by atoms with Crippen molar-refractivity contribution in [2.75, 3.05) is 0 Å². The van der Waals surface area contributed by atoms with Gasteiger partial charge in [-0.2, -0.15) is 5.10 Å². The number of aliphatic hydroxyl groups is 1. The van der Waals surface area contributed by atoms with Gasteiger partial charge in [0.25, 0.3) is 0 Å². The van der Waals surface area contributed by atoms with Crippen molar-refractivity contribution in [3.8, 4) is 5.69 Å². The van der Waals surface area contributed by atoms with Gasteiger partial charge in [0, 0.05) is 6.07 Å². The molecular weight excluding hydrogens is 383 g/mol. The summed E-state index contributed by atoms with van der Waals surface area (Å²) in [6.45, 7) is 13.4. The van der Waals surface area contributed by atoms with Gasteiger partial charge in [0.15, 0.2) is 13.3 Å². The summed E-state index contributed by atoms with van der Waals surface area (Å²) in [5.41, 5.74) is -0.346. The first kappa shape index (κ1) is 21.7. The Balaban J connectivity index is 2.69. The van der Waals surface area contributed by atoms with E-state index in [4.69, 9.17) is 5.14 Å². The summed E-state index contributed by atoms with van der Waals surface area (Å²) in [6, 6.07) is 7.17. The van der Waals surface area contributed by atoms with E-state index in [0.717, 1.165) is 0 Å². The summed E-state index contributed by atoms with van der Waals surface area (Å²) in [4.78, 5) is 0. The van der Waals surface area contributed by atoms with Crippen LogP contribution in [0.3, 0.4) is 0 Å². The van der Waals surface area contributed by atoms with Crippen molar-refractivity contribution in [1.82, 2.24) is 9.78 Å². The molecule has 0 bridgehead atoms. The zero-order valence-corrected chi connectivity index (χ0v) is 18.8. The molecule has 0 amide bonds. The van der Waals surface area contributed by atoms with Crippen molar-refractivity contribution in [2.45, 2.75) is 63.4 Å². The summed E-state index contributed by atoms with van der Waals surface area (Å²) in [6.07, 6.45) is 0. The van der Waals surface area contributed by atoms with Gasteiger partial charge in [-0.1, -0.05) is 20.8 Å². The van der Waals surface area contributed by atoms with Gasteiger partial charge in [-0.3, -0.25) is 4.03 Å². The van der Waals surface area contributed by atoms with E-state index in [1.54, 1.807) is 13.8 Å². The van der Waals surface area contributed by atoms with Crippen molar-refractivity contribution in [3.63, 3.8) is 0 Å². The summed E-state index contributed by atoms with van der Waals surface area (Å²) in [7, 11) is -5.56. The van der Waals surface area contributed by atoms with E-state index in [2.05, 4.69) is 29.9 Å². The van der Waals surface area contributed by atoms with Gasteiger partial charge in [0.2, 0.25) is 0 Å². The number of hydrogen-bond acceptors (Lipinski definition) is 4. The predicted molar refractivity (Wildman–Crippen MR) is 109 cm³/mol. The highest BCUT2D eigenvalue weighted by molar-refractivity contribution is 7.92. The number of aromatic nitrogens is 2. The normalized spacial score (nSPS) is 15.5. The molecular formula is C18H29FN4O2SSi. The molecule has 0 spiro atoms. The fraction of sp³-hybridized carbons (Fsp3) is 0.500. The third-order valence-corrected chi connectivity index (χ3v) is 12.3. The van der Waals surface area contributed by atoms with Crippen LogP contribution in [-0.2, 0) is 15.5 Å². The van der Waals surface area contributed by atoms with Crippen LogP contribution in [0.25, 0.3) is 5.69 Å². The number of nitrogens with two attached hydrogens (primary N) is 1. The molecule has 27 heavy (non-hydrogen) atoms. The minimum absolute atomic E-state index is 0.105. The maximum atomic E-state index is 13.3. The minimum Gasteiger partial charge on any atom is -0.384 e. The summed E-state index contributed by atoms with van der Waals surface area (Å²) in [5.74, 6) is -0.383. The van der Waals surface area contributed by atoms with Gasteiger partial charge >= 0.3 is 0 Å². The summed E-state index contributed by atoms with van der Waals surface area (Å²) >= 11 is 0. The monoisotopic (exact) mass is 412 g/mol. The molecule has 2 aromatic rings. The van der Waals surface area contributed by atoms with Crippen LogP contribution in [0.1, 0.15) is 40.3 Å². The molecule has 0 aliphatic carbocycles. The Morgan fingerprint density at radius 3 is 2.15 bits per heavy atom. The fourth-order valence-electron chi connectivity index (χ4n) is 2.24. The van der Waals surface area contributed by atoms with E-state index in [1.807, 2.05) is 13.1 Å². The average Bonchev–Trinajstić information content (AvgIpc) is 2.92. The molecule has 0 aliphatic heterocycles. The Labute approximate surface area is 162 Å². The van der Waals surface area contributed by atoms with Gasteiger partial charge in [0.1, 0.15) is 21.3 Å². The van der Waals surface area contributed by atoms with Crippen LogP contribution in [0.15, 0.2) is 39.4 Å². The first-order valence-electron chi connectivity index (χ1n) is 8.69. The lowest BCUT2D eigenvalue weighted by atomic mass is 10.1. The minimum atomic E-state index is -3.26. The first-order valence-corrected chi connectivity index (χ1v) is 13.2. The highest BCUT2D eigenvalue weighted by atomic mass is 32.2. The standard InChI is InChI=1S/C18H29FN4O2SSi/c1-17(2,3)27(6,7)22-26(20,25)16-12-15(18(4,5)24)23(21-16)14-10-8-13(19)9-11-14/h8-12,24H,1-7H3,(H2,20,22,25). The highest BCUT2D eigenvalue weighted by Gasteiger charge is 2.38. The van der Waals surface area contributed by atoms with Gasteiger partial charge in [-0.15, -0.1) is 0 Å². The van der Waals surface area contributed by atoms with Crippen LogP contribution < -0.4 is 5.14 Å². The lowest BCUT2D eigenvalue weighted by Crippen LogP contribution is -2.37. The highest BCUT2D eigenvalue weighted by Crippen LogP contribution is 2.38. The van der Waals surface area contributed by atoms with E-state index in [1.165, 1.54) is 35.0 Å². The molecule has 9 heteroatoms. The summed E-state index contributed by atoms with van der Waals surface area (Å²) in [5, 5.41) is 21.0. The van der Waals surface area contributed by atoms with E-state index in [9.17, 15) is 13.7 Å². The van der Waals surface area contributed by atoms with Crippen LogP contribution >= 0.6 is 0 Å². The van der Waals surface area contributed by atoms with Crippen LogP contribution in [-0.4, -0.2) is 27.3 Å². The first-order chi connectivity index (χ1) is 12.0. The maximum absolute atomic E-state index is 13.3. The third-order valence-electron chi connectivity index (χ3n) is 4.88. The molecule has 150 valence electrons. The second-order valence-electron chi connectivity index (χ2n) is 8.78. The Kier molecular flexibility index (Phi) is 5.48. The Hall–Kier alpha value is -1.55. The molecule has 1 aromatic heterocycles. The molecule has 6 nitrogen and oxygen atoms in total. The van der Waals surface area contributed by atoms with Crippen LogP contribution in [0.4, 0.5) is 4.39 Å². The van der Waals surface area contributed by atoms with Gasteiger partial charge in [-0.25, -0.2) is 18.4 Å². The average molecular weight is 413 g/mol. The van der Waals surface area contributed by atoms with Gasteiger partial charge in [-0.05, 0) is 56.2 Å². The van der Waals surface area contributed by atoms with Crippen molar-refractivity contribution in [3.05, 3.63) is 41.8 Å². The van der Waals surface area contributed by atoms with Crippen LogP contribution in [0.2, 0.25) is 18.1 Å². The molecule has 0 fully saturated rings. The molecule has 0 saturated heterocycles. The number of hydrogen-bond donors (Lipinski definition) is 2.